The van der Waals surface area contributed by atoms with E-state index in [0.717, 1.165) is 12.8 Å². The number of rotatable bonds is 8. The molecule has 0 N–H and O–H groups in total. The molecule has 4 nitrogen and oxygen atoms in total. The van der Waals surface area contributed by atoms with Gasteiger partial charge in [0.15, 0.2) is 0 Å². The van der Waals surface area contributed by atoms with E-state index in [1.807, 2.05) is 6.92 Å². The maximum Gasteiger partial charge on any atom is 0.322 e. The summed E-state index contributed by atoms with van der Waals surface area (Å²) in [5.41, 5.74) is 0. The lowest BCUT2D eigenvalue weighted by molar-refractivity contribution is -0.133. The Morgan fingerprint density at radius 2 is 1.93 bits per heavy atom. The highest BCUT2D eigenvalue weighted by molar-refractivity contribution is 7.87. The first kappa shape index (κ1) is 14.3. The minimum atomic E-state index is -3.87. The molecule has 0 saturated heterocycles. The van der Waals surface area contributed by atoms with Crippen molar-refractivity contribution < 1.29 is 21.8 Å². The standard InChI is InChI=1S/C9H17FO4S/c1-2-3-4-6-9(11)14-15(12,13)8-5-7-10/h2-8H2,1H3. The number of carbonyl (C=O) groups is 1. The number of hydrogen-bond donors (Lipinski definition) is 0. The molecule has 0 aliphatic rings. The van der Waals surface area contributed by atoms with E-state index >= 15 is 0 Å². The Morgan fingerprint density at radius 1 is 1.27 bits per heavy atom. The summed E-state index contributed by atoms with van der Waals surface area (Å²) in [6.45, 7) is 1.25. The third-order valence-corrected chi connectivity index (χ3v) is 2.96. The monoisotopic (exact) mass is 240 g/mol. The van der Waals surface area contributed by atoms with E-state index in [2.05, 4.69) is 4.18 Å². The first-order chi connectivity index (χ1) is 7.02. The van der Waals surface area contributed by atoms with E-state index in [9.17, 15) is 17.6 Å². The van der Waals surface area contributed by atoms with Gasteiger partial charge in [0, 0.05) is 6.42 Å². The quantitative estimate of drug-likeness (QED) is 0.479. The third-order valence-electron chi connectivity index (χ3n) is 1.73. The second-order valence-electron chi connectivity index (χ2n) is 3.22. The molecule has 0 aliphatic heterocycles. The molecule has 6 heteroatoms. The summed E-state index contributed by atoms with van der Waals surface area (Å²) in [5, 5.41) is 0. The van der Waals surface area contributed by atoms with Gasteiger partial charge in [-0.1, -0.05) is 19.8 Å². The molecule has 0 radical (unpaired) electrons. The van der Waals surface area contributed by atoms with Crippen molar-refractivity contribution in [3.8, 4) is 0 Å². The van der Waals surface area contributed by atoms with Gasteiger partial charge in [0.2, 0.25) is 0 Å². The first-order valence-electron chi connectivity index (χ1n) is 5.02. The van der Waals surface area contributed by atoms with Crippen LogP contribution in [0.2, 0.25) is 0 Å². The predicted molar refractivity (Wildman–Crippen MR) is 54.6 cm³/mol. The first-order valence-corrected chi connectivity index (χ1v) is 6.60. The molecule has 0 bridgehead atoms. The zero-order chi connectivity index (χ0) is 11.7. The molecule has 0 saturated carbocycles. The normalized spacial score (nSPS) is 11.3. The molecule has 0 rings (SSSR count). The molecule has 0 unspecified atom stereocenters. The van der Waals surface area contributed by atoms with E-state index in [4.69, 9.17) is 0 Å². The molecule has 90 valence electrons. The fourth-order valence-electron chi connectivity index (χ4n) is 0.976. The largest absolute Gasteiger partial charge is 0.346 e. The fraction of sp³-hybridized carbons (Fsp3) is 0.889. The van der Waals surface area contributed by atoms with Gasteiger partial charge in [0.05, 0.1) is 12.4 Å². The molecule has 0 aromatic carbocycles. The van der Waals surface area contributed by atoms with Crippen LogP contribution in [0.25, 0.3) is 0 Å². The van der Waals surface area contributed by atoms with Crippen molar-refractivity contribution in [1.29, 1.82) is 0 Å². The summed E-state index contributed by atoms with van der Waals surface area (Å²) >= 11 is 0. The van der Waals surface area contributed by atoms with Gasteiger partial charge in [0.25, 0.3) is 0 Å². The molecule has 0 spiro atoms. The number of alkyl halides is 1. The highest BCUT2D eigenvalue weighted by Gasteiger charge is 2.16. The molecule has 0 amide bonds. The van der Waals surface area contributed by atoms with Gasteiger partial charge in [-0.25, -0.2) is 0 Å². The zero-order valence-electron chi connectivity index (χ0n) is 8.87. The van der Waals surface area contributed by atoms with Crippen LogP contribution in [0.5, 0.6) is 0 Å². The van der Waals surface area contributed by atoms with E-state index in [1.165, 1.54) is 0 Å². The van der Waals surface area contributed by atoms with Crippen molar-refractivity contribution in [2.24, 2.45) is 0 Å². The Balaban J connectivity index is 3.84. The van der Waals surface area contributed by atoms with Crippen molar-refractivity contribution in [2.75, 3.05) is 12.4 Å². The Hall–Kier alpha value is -0.650. The maximum atomic E-state index is 11.7. The Morgan fingerprint density at radius 3 is 2.47 bits per heavy atom. The molecule has 0 aliphatic carbocycles. The lowest BCUT2D eigenvalue weighted by Gasteiger charge is -2.03. The molecule has 0 heterocycles. The summed E-state index contributed by atoms with van der Waals surface area (Å²) in [6, 6.07) is 0. The molecule has 15 heavy (non-hydrogen) atoms. The molecule has 0 fully saturated rings. The molecule has 0 aromatic heterocycles. The predicted octanol–water partition coefficient (Wildman–Crippen LogP) is 1.80. The average Bonchev–Trinajstić information content (AvgIpc) is 2.14. The molecular formula is C9H17FO4S. The van der Waals surface area contributed by atoms with Crippen LogP contribution in [-0.2, 0) is 19.1 Å². The summed E-state index contributed by atoms with van der Waals surface area (Å²) in [6.07, 6.45) is 2.39. The van der Waals surface area contributed by atoms with E-state index in [0.29, 0.717) is 6.42 Å². The van der Waals surface area contributed by atoms with Crippen LogP contribution in [0.15, 0.2) is 0 Å². The van der Waals surface area contributed by atoms with Crippen molar-refractivity contribution in [2.45, 2.75) is 39.0 Å². The maximum absolute atomic E-state index is 11.7. The Bertz CT molecular complexity index is 274. The summed E-state index contributed by atoms with van der Waals surface area (Å²) in [4.78, 5) is 11.0. The van der Waals surface area contributed by atoms with Gasteiger partial charge in [-0.15, -0.1) is 0 Å². The second kappa shape index (κ2) is 7.62. The fourth-order valence-corrected chi connectivity index (χ4v) is 1.89. The topological polar surface area (TPSA) is 60.4 Å². The van der Waals surface area contributed by atoms with Crippen molar-refractivity contribution in [3.63, 3.8) is 0 Å². The van der Waals surface area contributed by atoms with Gasteiger partial charge in [-0.2, -0.15) is 8.42 Å². The lowest BCUT2D eigenvalue weighted by atomic mass is 10.2. The SMILES string of the molecule is CCCCCC(=O)OS(=O)(=O)CCCF. The van der Waals surface area contributed by atoms with Crippen molar-refractivity contribution in [1.82, 2.24) is 0 Å². The molecule has 0 aromatic rings. The van der Waals surface area contributed by atoms with Crippen LogP contribution in [0.1, 0.15) is 39.0 Å². The second-order valence-corrected chi connectivity index (χ2v) is 4.91. The number of carbonyl (C=O) groups excluding carboxylic acids is 1. The van der Waals surface area contributed by atoms with Gasteiger partial charge < -0.3 is 4.18 Å². The van der Waals surface area contributed by atoms with E-state index in [1.54, 1.807) is 0 Å². The number of unbranched alkanes of at least 4 members (excludes halogenated alkanes) is 2. The summed E-state index contributed by atoms with van der Waals surface area (Å²) < 4.78 is 38.0. The zero-order valence-corrected chi connectivity index (χ0v) is 9.69. The number of hydrogen-bond acceptors (Lipinski definition) is 4. The van der Waals surface area contributed by atoms with E-state index < -0.39 is 28.5 Å². The molecule has 0 atom stereocenters. The van der Waals surface area contributed by atoms with Crippen LogP contribution in [0.4, 0.5) is 4.39 Å². The minimum absolute atomic E-state index is 0.0999. The Labute approximate surface area is 89.9 Å². The van der Waals surface area contributed by atoms with Crippen LogP contribution >= 0.6 is 0 Å². The Kier molecular flexibility index (Phi) is 7.29. The summed E-state index contributed by atoms with van der Waals surface area (Å²) in [5.74, 6) is -1.19. The molecular weight excluding hydrogens is 223 g/mol. The highest BCUT2D eigenvalue weighted by Crippen LogP contribution is 2.04. The van der Waals surface area contributed by atoms with Crippen molar-refractivity contribution >= 4 is 16.1 Å². The van der Waals surface area contributed by atoms with Crippen LogP contribution in [0.3, 0.4) is 0 Å². The van der Waals surface area contributed by atoms with Crippen LogP contribution < -0.4 is 0 Å². The van der Waals surface area contributed by atoms with Crippen LogP contribution in [0, 0.1) is 0 Å². The average molecular weight is 240 g/mol. The lowest BCUT2D eigenvalue weighted by Crippen LogP contribution is -2.16. The van der Waals surface area contributed by atoms with Crippen LogP contribution in [-0.4, -0.2) is 26.8 Å². The van der Waals surface area contributed by atoms with Gasteiger partial charge in [0.1, 0.15) is 0 Å². The van der Waals surface area contributed by atoms with Crippen molar-refractivity contribution in [3.05, 3.63) is 0 Å². The van der Waals surface area contributed by atoms with E-state index in [-0.39, 0.29) is 12.8 Å². The number of halogens is 1. The van der Waals surface area contributed by atoms with Gasteiger partial charge in [-0.05, 0) is 12.8 Å². The smallest absolute Gasteiger partial charge is 0.322 e. The highest BCUT2D eigenvalue weighted by atomic mass is 32.2. The summed E-state index contributed by atoms with van der Waals surface area (Å²) in [7, 11) is -3.87. The minimum Gasteiger partial charge on any atom is -0.346 e. The van der Waals surface area contributed by atoms with Gasteiger partial charge in [-0.3, -0.25) is 9.18 Å². The van der Waals surface area contributed by atoms with Gasteiger partial charge >= 0.3 is 16.1 Å². The third kappa shape index (κ3) is 8.35.